The Kier molecular flexibility index (Phi) is 6.62. The van der Waals surface area contributed by atoms with Gasteiger partial charge in [-0.05, 0) is 55.3 Å². The number of rotatable bonds is 7. The lowest BCUT2D eigenvalue weighted by molar-refractivity contribution is 0.524. The zero-order valence-electron chi connectivity index (χ0n) is 15.6. The fourth-order valence-electron chi connectivity index (χ4n) is 2.91. The third kappa shape index (κ3) is 4.27. The Morgan fingerprint density at radius 1 is 1.04 bits per heavy atom. The second-order valence-corrected chi connectivity index (χ2v) is 6.41. The third-order valence-corrected chi connectivity index (χ3v) is 4.78. The maximum atomic E-state index is 3.38. The summed E-state index contributed by atoms with van der Waals surface area (Å²) in [5.74, 6) is 0.437. The van der Waals surface area contributed by atoms with Crippen molar-refractivity contribution < 1.29 is 0 Å². The highest BCUT2D eigenvalue weighted by Crippen LogP contribution is 2.33. The van der Waals surface area contributed by atoms with Crippen LogP contribution in [0.2, 0.25) is 0 Å². The molecule has 0 aliphatic heterocycles. The first-order valence-electron chi connectivity index (χ1n) is 8.84. The Morgan fingerprint density at radius 3 is 2.38 bits per heavy atom. The summed E-state index contributed by atoms with van der Waals surface area (Å²) in [7, 11) is 4.16. The topological polar surface area (TPSA) is 15.3 Å². The van der Waals surface area contributed by atoms with Crippen molar-refractivity contribution in [1.29, 1.82) is 0 Å². The third-order valence-electron chi connectivity index (χ3n) is 4.78. The van der Waals surface area contributed by atoms with Gasteiger partial charge in [0.05, 0.1) is 0 Å². The molecular weight excluding hydrogens is 292 g/mol. The summed E-state index contributed by atoms with van der Waals surface area (Å²) in [5.41, 5.74) is 5.17. The van der Waals surface area contributed by atoms with Gasteiger partial charge in [0.15, 0.2) is 0 Å². The van der Waals surface area contributed by atoms with Crippen LogP contribution in [0.15, 0.2) is 60.8 Å². The van der Waals surface area contributed by atoms with Crippen molar-refractivity contribution in [3.8, 4) is 11.1 Å². The van der Waals surface area contributed by atoms with Gasteiger partial charge in [0.25, 0.3) is 0 Å². The molecule has 0 spiro atoms. The summed E-state index contributed by atoms with van der Waals surface area (Å²) >= 11 is 0. The Labute approximate surface area is 147 Å². The van der Waals surface area contributed by atoms with Crippen LogP contribution in [0.25, 0.3) is 11.1 Å². The first-order valence-corrected chi connectivity index (χ1v) is 8.84. The summed E-state index contributed by atoms with van der Waals surface area (Å²) in [6.07, 6.45) is 5.41. The molecule has 128 valence electrons. The Morgan fingerprint density at radius 2 is 1.75 bits per heavy atom. The van der Waals surface area contributed by atoms with E-state index >= 15 is 0 Å². The van der Waals surface area contributed by atoms with Crippen molar-refractivity contribution in [3.63, 3.8) is 0 Å². The van der Waals surface area contributed by atoms with Gasteiger partial charge in [-0.15, -0.1) is 0 Å². The van der Waals surface area contributed by atoms with E-state index in [9.17, 15) is 0 Å². The van der Waals surface area contributed by atoms with Gasteiger partial charge in [-0.1, -0.05) is 62.4 Å². The molecule has 1 N–H and O–H groups in total. The number of hydrogen-bond donors (Lipinski definition) is 1. The normalized spacial score (nSPS) is 13.9. The van der Waals surface area contributed by atoms with Crippen LogP contribution in [0.1, 0.15) is 38.7 Å². The van der Waals surface area contributed by atoms with E-state index in [1.807, 2.05) is 7.05 Å². The number of benzene rings is 2. The van der Waals surface area contributed by atoms with Crippen molar-refractivity contribution in [2.24, 2.45) is 0 Å². The van der Waals surface area contributed by atoms with E-state index in [1.165, 1.54) is 22.4 Å². The predicted octanol–water partition coefficient (Wildman–Crippen LogP) is 5.42. The number of nitrogens with one attached hydrogen (secondary N) is 1. The lowest BCUT2D eigenvalue weighted by Gasteiger charge is -2.27. The van der Waals surface area contributed by atoms with Gasteiger partial charge in [-0.2, -0.15) is 0 Å². The van der Waals surface area contributed by atoms with Crippen LogP contribution in [0.5, 0.6) is 0 Å². The summed E-state index contributed by atoms with van der Waals surface area (Å²) < 4.78 is 0. The molecule has 2 heteroatoms. The van der Waals surface area contributed by atoms with E-state index in [0.717, 1.165) is 6.42 Å². The average Bonchev–Trinajstić information content (AvgIpc) is 2.65. The standard InChI is InChI=1S/C22H30N2/c1-6-7-15-24(5)22-16-20(19-11-9-8-10-12-19)13-14-21(22)17(2)18(3)23-4/h7-18,23H,6H2,1-5H3/b15-7-. The zero-order chi connectivity index (χ0) is 17.5. The van der Waals surface area contributed by atoms with Crippen molar-refractivity contribution in [2.75, 3.05) is 19.0 Å². The Bertz CT molecular complexity index is 661. The molecule has 0 aliphatic rings. The molecule has 0 bridgehead atoms. The monoisotopic (exact) mass is 322 g/mol. The minimum Gasteiger partial charge on any atom is -0.351 e. The molecule has 0 saturated carbocycles. The van der Waals surface area contributed by atoms with Crippen LogP contribution in [0.4, 0.5) is 5.69 Å². The lowest BCUT2D eigenvalue weighted by Crippen LogP contribution is -2.28. The van der Waals surface area contributed by atoms with Gasteiger partial charge in [-0.3, -0.25) is 0 Å². The Balaban J connectivity index is 2.49. The maximum absolute atomic E-state index is 3.38. The number of hydrogen-bond acceptors (Lipinski definition) is 2. The highest BCUT2D eigenvalue weighted by Gasteiger charge is 2.18. The van der Waals surface area contributed by atoms with Gasteiger partial charge in [0.1, 0.15) is 0 Å². The molecular formula is C22H30N2. The SMILES string of the molecule is CC/C=C\N(C)c1cc(-c2ccccc2)ccc1C(C)C(C)NC. The van der Waals surface area contributed by atoms with E-state index in [4.69, 9.17) is 0 Å². The van der Waals surface area contributed by atoms with E-state index < -0.39 is 0 Å². The molecule has 0 fully saturated rings. The van der Waals surface area contributed by atoms with Gasteiger partial charge < -0.3 is 10.2 Å². The smallest absolute Gasteiger partial charge is 0.0445 e. The fourth-order valence-corrected chi connectivity index (χ4v) is 2.91. The zero-order valence-corrected chi connectivity index (χ0v) is 15.6. The maximum Gasteiger partial charge on any atom is 0.0445 e. The van der Waals surface area contributed by atoms with E-state index in [1.54, 1.807) is 0 Å². The minimum atomic E-state index is 0.426. The van der Waals surface area contributed by atoms with Gasteiger partial charge in [-0.25, -0.2) is 0 Å². The first-order chi connectivity index (χ1) is 11.6. The summed E-state index contributed by atoms with van der Waals surface area (Å²) in [4.78, 5) is 2.24. The molecule has 0 amide bonds. The van der Waals surface area contributed by atoms with E-state index in [0.29, 0.717) is 12.0 Å². The molecule has 2 atom stereocenters. The molecule has 2 unspecified atom stereocenters. The van der Waals surface area contributed by atoms with Crippen LogP contribution in [-0.4, -0.2) is 20.1 Å². The van der Waals surface area contributed by atoms with Gasteiger partial charge in [0, 0.05) is 18.8 Å². The molecule has 2 rings (SSSR count). The lowest BCUT2D eigenvalue weighted by atomic mass is 9.90. The van der Waals surface area contributed by atoms with Crippen molar-refractivity contribution >= 4 is 5.69 Å². The summed E-state index contributed by atoms with van der Waals surface area (Å²) in [6, 6.07) is 17.8. The Hall–Kier alpha value is -2.06. The van der Waals surface area contributed by atoms with Gasteiger partial charge in [0.2, 0.25) is 0 Å². The van der Waals surface area contributed by atoms with Crippen molar-refractivity contribution in [3.05, 3.63) is 66.4 Å². The highest BCUT2D eigenvalue weighted by atomic mass is 15.1. The molecule has 2 aromatic rings. The number of anilines is 1. The minimum absolute atomic E-state index is 0.426. The van der Waals surface area contributed by atoms with Crippen molar-refractivity contribution in [1.82, 2.24) is 5.32 Å². The van der Waals surface area contributed by atoms with Gasteiger partial charge >= 0.3 is 0 Å². The molecule has 0 radical (unpaired) electrons. The summed E-state index contributed by atoms with van der Waals surface area (Å²) in [5, 5.41) is 3.38. The van der Waals surface area contributed by atoms with Crippen LogP contribution in [0, 0.1) is 0 Å². The van der Waals surface area contributed by atoms with Crippen LogP contribution in [-0.2, 0) is 0 Å². The van der Waals surface area contributed by atoms with E-state index in [2.05, 4.69) is 98.8 Å². The molecule has 0 aromatic heterocycles. The molecule has 2 nitrogen and oxygen atoms in total. The number of nitrogens with zero attached hydrogens (tertiary/aromatic N) is 1. The largest absolute Gasteiger partial charge is 0.351 e. The second-order valence-electron chi connectivity index (χ2n) is 6.41. The molecule has 0 aliphatic carbocycles. The second kappa shape index (κ2) is 8.70. The predicted molar refractivity (Wildman–Crippen MR) is 107 cm³/mol. The molecule has 2 aromatic carbocycles. The quantitative estimate of drug-likeness (QED) is 0.731. The first kappa shape index (κ1) is 18.3. The average molecular weight is 322 g/mol. The molecule has 24 heavy (non-hydrogen) atoms. The number of allylic oxidation sites excluding steroid dienone is 1. The fraction of sp³-hybridized carbons (Fsp3) is 0.364. The van der Waals surface area contributed by atoms with Crippen molar-refractivity contribution in [2.45, 2.75) is 39.2 Å². The van der Waals surface area contributed by atoms with Crippen LogP contribution in [0.3, 0.4) is 0 Å². The summed E-state index contributed by atoms with van der Waals surface area (Å²) in [6.45, 7) is 6.69. The van der Waals surface area contributed by atoms with Crippen LogP contribution >= 0.6 is 0 Å². The van der Waals surface area contributed by atoms with Crippen LogP contribution < -0.4 is 10.2 Å². The molecule has 0 heterocycles. The number of likely N-dealkylation sites (N-methyl/N-ethyl adjacent to an activating group) is 1. The van der Waals surface area contributed by atoms with E-state index in [-0.39, 0.29) is 0 Å². The highest BCUT2D eigenvalue weighted by molar-refractivity contribution is 5.71. The molecule has 0 saturated heterocycles.